The van der Waals surface area contributed by atoms with Crippen molar-refractivity contribution in [2.45, 2.75) is 38.1 Å². The van der Waals surface area contributed by atoms with E-state index in [1.54, 1.807) is 6.20 Å². The molecule has 0 saturated heterocycles. The smallest absolute Gasteiger partial charge is 0.211 e. The summed E-state index contributed by atoms with van der Waals surface area (Å²) in [6.45, 7) is 1.52. The van der Waals surface area contributed by atoms with Gasteiger partial charge < -0.3 is 4.98 Å². The lowest BCUT2D eigenvalue weighted by atomic mass is 9.95. The highest BCUT2D eigenvalue weighted by Gasteiger charge is 2.36. The van der Waals surface area contributed by atoms with E-state index in [2.05, 4.69) is 31.0 Å². The molecule has 3 aromatic heterocycles. The number of hydrogen-bond acceptors (Lipinski definition) is 4. The zero-order valence-electron chi connectivity index (χ0n) is 14.5. The molecule has 9 heteroatoms. The lowest BCUT2D eigenvalue weighted by Gasteiger charge is -2.15. The van der Waals surface area contributed by atoms with E-state index in [1.807, 2.05) is 18.5 Å². The fourth-order valence-electron chi connectivity index (χ4n) is 4.07. The van der Waals surface area contributed by atoms with Crippen molar-refractivity contribution in [3.63, 3.8) is 0 Å². The maximum Gasteiger partial charge on any atom is 0.211 e. The Hall–Kier alpha value is -2.00. The van der Waals surface area contributed by atoms with Crippen LogP contribution in [0.4, 0.5) is 4.39 Å². The molecule has 140 valence electrons. The van der Waals surface area contributed by atoms with Gasteiger partial charge in [0.05, 0.1) is 24.1 Å². The Morgan fingerprint density at radius 2 is 2.19 bits per heavy atom. The van der Waals surface area contributed by atoms with Crippen molar-refractivity contribution in [3.8, 4) is 0 Å². The summed E-state index contributed by atoms with van der Waals surface area (Å²) >= 11 is 0. The van der Waals surface area contributed by atoms with Crippen molar-refractivity contribution in [1.82, 2.24) is 24.1 Å². The number of rotatable bonds is 6. The molecule has 4 rings (SSSR count). The van der Waals surface area contributed by atoms with Crippen LogP contribution < -0.4 is 4.72 Å². The number of alkyl halides is 1. The van der Waals surface area contributed by atoms with Gasteiger partial charge in [-0.1, -0.05) is 6.92 Å². The molecule has 1 aliphatic rings. The second kappa shape index (κ2) is 6.62. The van der Waals surface area contributed by atoms with Crippen LogP contribution in [0, 0.1) is 5.92 Å². The summed E-state index contributed by atoms with van der Waals surface area (Å²) in [6, 6.07) is 1.84. The highest BCUT2D eigenvalue weighted by molar-refractivity contribution is 7.89. The first-order valence-corrected chi connectivity index (χ1v) is 10.5. The number of aromatic nitrogens is 4. The molecular weight excluding hydrogens is 357 g/mol. The summed E-state index contributed by atoms with van der Waals surface area (Å²) in [6.07, 6.45) is 6.95. The average molecular weight is 379 g/mol. The molecule has 0 bridgehead atoms. The molecule has 0 aliphatic heterocycles. The third-order valence-electron chi connectivity index (χ3n) is 5.22. The van der Waals surface area contributed by atoms with E-state index in [0.717, 1.165) is 28.9 Å². The standard InChI is InChI=1S/C17H22FN5O2S/c1-11-7-12(22-26(24,25)6-2-4-18)8-13(11)15-9-20-16-10-21-17-14(23(15)16)3-5-19-17/h3,5,9-13,19,22H,2,4,6-8H2,1H3. The van der Waals surface area contributed by atoms with E-state index >= 15 is 0 Å². The Morgan fingerprint density at radius 3 is 3.00 bits per heavy atom. The van der Waals surface area contributed by atoms with E-state index in [1.165, 1.54) is 0 Å². The van der Waals surface area contributed by atoms with Gasteiger partial charge in [0.1, 0.15) is 0 Å². The summed E-state index contributed by atoms with van der Waals surface area (Å²) in [5, 5.41) is 0. The van der Waals surface area contributed by atoms with Gasteiger partial charge in [-0.25, -0.2) is 23.1 Å². The topological polar surface area (TPSA) is 92.2 Å². The van der Waals surface area contributed by atoms with Gasteiger partial charge in [0.2, 0.25) is 10.0 Å². The van der Waals surface area contributed by atoms with Crippen molar-refractivity contribution >= 4 is 26.8 Å². The lowest BCUT2D eigenvalue weighted by molar-refractivity contribution is 0.480. The summed E-state index contributed by atoms with van der Waals surface area (Å²) in [5.74, 6) is 0.343. The molecule has 3 aromatic rings. The minimum Gasteiger partial charge on any atom is -0.345 e. The quantitative estimate of drug-likeness (QED) is 0.688. The zero-order valence-corrected chi connectivity index (χ0v) is 15.3. The minimum absolute atomic E-state index is 0.0345. The molecule has 0 amide bonds. The van der Waals surface area contributed by atoms with Crippen LogP contribution in [-0.4, -0.2) is 46.2 Å². The molecule has 3 atom stereocenters. The zero-order chi connectivity index (χ0) is 18.3. The molecule has 1 aliphatic carbocycles. The highest BCUT2D eigenvalue weighted by Crippen LogP contribution is 2.40. The van der Waals surface area contributed by atoms with Crippen LogP contribution in [0.25, 0.3) is 16.8 Å². The third kappa shape index (κ3) is 3.09. The van der Waals surface area contributed by atoms with Gasteiger partial charge in [-0.05, 0) is 31.2 Å². The number of nitrogens with one attached hydrogen (secondary N) is 2. The lowest BCUT2D eigenvalue weighted by Crippen LogP contribution is -2.35. The summed E-state index contributed by atoms with van der Waals surface area (Å²) in [5.41, 5.74) is 3.62. The van der Waals surface area contributed by atoms with E-state index < -0.39 is 16.7 Å². The van der Waals surface area contributed by atoms with Crippen molar-refractivity contribution < 1.29 is 12.8 Å². The Morgan fingerprint density at radius 1 is 1.35 bits per heavy atom. The highest BCUT2D eigenvalue weighted by atomic mass is 32.2. The number of sulfonamides is 1. The summed E-state index contributed by atoms with van der Waals surface area (Å²) in [4.78, 5) is 11.9. The molecule has 7 nitrogen and oxygen atoms in total. The largest absolute Gasteiger partial charge is 0.345 e. The van der Waals surface area contributed by atoms with Crippen LogP contribution in [0.2, 0.25) is 0 Å². The van der Waals surface area contributed by atoms with Crippen molar-refractivity contribution in [2.75, 3.05) is 12.4 Å². The van der Waals surface area contributed by atoms with Crippen LogP contribution in [0.15, 0.2) is 24.7 Å². The number of aromatic amines is 1. The van der Waals surface area contributed by atoms with E-state index in [-0.39, 0.29) is 24.1 Å². The average Bonchev–Trinajstić information content (AvgIpc) is 3.29. The number of H-pyrrole nitrogens is 1. The van der Waals surface area contributed by atoms with Crippen molar-refractivity contribution in [3.05, 3.63) is 30.4 Å². The molecule has 3 unspecified atom stereocenters. The van der Waals surface area contributed by atoms with Crippen LogP contribution in [-0.2, 0) is 10.0 Å². The Labute approximate surface area is 151 Å². The van der Waals surface area contributed by atoms with Gasteiger partial charge in [-0.2, -0.15) is 0 Å². The summed E-state index contributed by atoms with van der Waals surface area (Å²) in [7, 11) is -3.44. The van der Waals surface area contributed by atoms with E-state index in [0.29, 0.717) is 12.3 Å². The minimum atomic E-state index is -3.44. The van der Waals surface area contributed by atoms with Gasteiger partial charge >= 0.3 is 0 Å². The number of halogens is 1. The normalized spacial score (nSPS) is 24.0. The number of fused-ring (bicyclic) bond motifs is 3. The van der Waals surface area contributed by atoms with Crippen LogP contribution in [0.5, 0.6) is 0 Å². The van der Waals surface area contributed by atoms with Crippen molar-refractivity contribution in [1.29, 1.82) is 0 Å². The third-order valence-corrected chi connectivity index (χ3v) is 6.74. The Balaban J connectivity index is 1.61. The van der Waals surface area contributed by atoms with Gasteiger partial charge in [-0.3, -0.25) is 8.79 Å². The van der Waals surface area contributed by atoms with E-state index in [9.17, 15) is 12.8 Å². The monoisotopic (exact) mass is 379 g/mol. The Kier molecular flexibility index (Phi) is 4.44. The van der Waals surface area contributed by atoms with E-state index in [4.69, 9.17) is 0 Å². The Bertz CT molecular complexity index is 1030. The number of hydrogen-bond donors (Lipinski definition) is 2. The van der Waals surface area contributed by atoms with Gasteiger partial charge in [0.25, 0.3) is 0 Å². The molecule has 26 heavy (non-hydrogen) atoms. The summed E-state index contributed by atoms with van der Waals surface area (Å²) < 4.78 is 41.3. The second-order valence-electron chi connectivity index (χ2n) is 7.08. The fraction of sp³-hybridized carbons (Fsp3) is 0.529. The molecule has 1 saturated carbocycles. The first kappa shape index (κ1) is 17.4. The second-order valence-corrected chi connectivity index (χ2v) is 8.95. The van der Waals surface area contributed by atoms with Crippen LogP contribution >= 0.6 is 0 Å². The van der Waals surface area contributed by atoms with Gasteiger partial charge in [0.15, 0.2) is 11.3 Å². The van der Waals surface area contributed by atoms with Gasteiger partial charge in [0, 0.05) is 30.0 Å². The predicted molar refractivity (Wildman–Crippen MR) is 97.3 cm³/mol. The number of nitrogens with zero attached hydrogens (tertiary/aromatic N) is 3. The molecule has 1 fully saturated rings. The predicted octanol–water partition coefficient (Wildman–Crippen LogP) is 2.37. The fourth-order valence-corrected chi connectivity index (χ4v) is 5.38. The first-order chi connectivity index (χ1) is 12.5. The molecule has 0 aromatic carbocycles. The van der Waals surface area contributed by atoms with Gasteiger partial charge in [-0.15, -0.1) is 0 Å². The maximum atomic E-state index is 12.3. The molecule has 0 spiro atoms. The molecular formula is C17H22FN5O2S. The maximum absolute atomic E-state index is 12.3. The van der Waals surface area contributed by atoms with Crippen molar-refractivity contribution in [2.24, 2.45) is 5.92 Å². The number of imidazole rings is 1. The van der Waals surface area contributed by atoms with Crippen LogP contribution in [0.3, 0.4) is 0 Å². The molecule has 3 heterocycles. The molecule has 0 radical (unpaired) electrons. The first-order valence-electron chi connectivity index (χ1n) is 8.84. The van der Waals surface area contributed by atoms with Crippen LogP contribution in [0.1, 0.15) is 37.8 Å². The SMILES string of the molecule is CC1CC(NS(=O)(=O)CCCF)CC1c1cnc2cnc3[nH]ccc3n12. The molecule has 2 N–H and O–H groups in total.